The molecule has 0 fully saturated rings. The second-order valence-corrected chi connectivity index (χ2v) is 1.69. The van der Waals surface area contributed by atoms with Crippen LogP contribution < -0.4 is 0 Å². The van der Waals surface area contributed by atoms with Crippen LogP contribution in [-0.2, 0) is 14.5 Å². The van der Waals surface area contributed by atoms with Crippen molar-refractivity contribution in [3.8, 4) is 0 Å². The summed E-state index contributed by atoms with van der Waals surface area (Å²) in [5.41, 5.74) is 0. The number of hydrogen-bond acceptors (Lipinski definition) is 3. The highest BCUT2D eigenvalue weighted by Gasteiger charge is 2.14. The van der Waals surface area contributed by atoms with E-state index in [1.807, 2.05) is 0 Å². The van der Waals surface area contributed by atoms with Gasteiger partial charge in [0, 0.05) is 10.6 Å². The van der Waals surface area contributed by atoms with Gasteiger partial charge in [-0.1, -0.05) is 0 Å². The van der Waals surface area contributed by atoms with Crippen LogP contribution in [0.4, 0.5) is 4.53 Å². The molecule has 0 aromatic heterocycles. The second kappa shape index (κ2) is 2.43. The largest absolute Gasteiger partial charge is 0.290 e. The van der Waals surface area contributed by atoms with Gasteiger partial charge >= 0.3 is 0 Å². The molecule has 0 N–H and O–H groups in total. The van der Waals surface area contributed by atoms with Crippen LogP contribution in [-0.4, -0.2) is 11.6 Å². The minimum absolute atomic E-state index is 0.452. The SMILES string of the molecule is O=C1C=CC(=O)C(OF)=C1. The molecule has 0 aliphatic heterocycles. The maximum atomic E-state index is 11.3. The van der Waals surface area contributed by atoms with E-state index in [0.29, 0.717) is 0 Å². The Kier molecular flexibility index (Phi) is 1.62. The zero-order valence-corrected chi connectivity index (χ0v) is 4.83. The van der Waals surface area contributed by atoms with Gasteiger partial charge in [-0.15, -0.1) is 0 Å². The fourth-order valence-corrected chi connectivity index (χ4v) is 0.549. The third kappa shape index (κ3) is 1.10. The normalized spacial score (nSPS) is 17.1. The smallest absolute Gasteiger partial charge is 0.225 e. The molecule has 10 heavy (non-hydrogen) atoms. The van der Waals surface area contributed by atoms with Gasteiger partial charge in [0.05, 0.1) is 0 Å². The van der Waals surface area contributed by atoms with Crippen molar-refractivity contribution in [1.82, 2.24) is 0 Å². The number of ketones is 2. The molecule has 0 aromatic rings. The van der Waals surface area contributed by atoms with Crippen molar-refractivity contribution in [3.63, 3.8) is 0 Å². The standard InChI is InChI=1S/C6H3FO3/c7-10-6-3-4(8)1-2-5(6)9/h1-3H. The number of carbonyl (C=O) groups is 2. The Labute approximate surface area is 55.7 Å². The van der Waals surface area contributed by atoms with Gasteiger partial charge in [-0.25, -0.2) is 0 Å². The van der Waals surface area contributed by atoms with Crippen LogP contribution in [0.5, 0.6) is 0 Å². The molecule has 3 nitrogen and oxygen atoms in total. The first kappa shape index (κ1) is 6.67. The van der Waals surface area contributed by atoms with Crippen LogP contribution in [0, 0.1) is 0 Å². The zero-order valence-electron chi connectivity index (χ0n) is 4.83. The number of carbonyl (C=O) groups excluding carboxylic acids is 2. The van der Waals surface area contributed by atoms with Crippen molar-refractivity contribution in [2.75, 3.05) is 0 Å². The van der Waals surface area contributed by atoms with Crippen molar-refractivity contribution in [1.29, 1.82) is 0 Å². The summed E-state index contributed by atoms with van der Waals surface area (Å²) < 4.78 is 11.3. The highest BCUT2D eigenvalue weighted by molar-refractivity contribution is 6.16. The van der Waals surface area contributed by atoms with Crippen LogP contribution in [0.3, 0.4) is 0 Å². The topological polar surface area (TPSA) is 43.4 Å². The lowest BCUT2D eigenvalue weighted by Crippen LogP contribution is -2.07. The molecule has 0 unspecified atom stereocenters. The molecule has 52 valence electrons. The van der Waals surface area contributed by atoms with E-state index in [-0.39, 0.29) is 0 Å². The predicted octanol–water partition coefficient (Wildman–Crippen LogP) is 0.479. The first-order valence-corrected chi connectivity index (χ1v) is 2.50. The molecule has 0 heterocycles. The molecule has 0 atom stereocenters. The highest BCUT2D eigenvalue weighted by Crippen LogP contribution is 2.06. The van der Waals surface area contributed by atoms with Crippen molar-refractivity contribution in [3.05, 3.63) is 24.0 Å². The lowest BCUT2D eigenvalue weighted by molar-refractivity contribution is -0.131. The number of halogens is 1. The molecule has 0 amide bonds. The lowest BCUT2D eigenvalue weighted by Gasteiger charge is -1.97. The molecular weight excluding hydrogens is 139 g/mol. The molecule has 0 spiro atoms. The number of allylic oxidation sites excluding steroid dienone is 3. The summed E-state index contributed by atoms with van der Waals surface area (Å²) in [6, 6.07) is 0. The fourth-order valence-electron chi connectivity index (χ4n) is 0.549. The van der Waals surface area contributed by atoms with E-state index < -0.39 is 17.3 Å². The number of hydrogen-bond donors (Lipinski definition) is 0. The fraction of sp³-hybridized carbons (Fsp3) is 0. The molecule has 1 rings (SSSR count). The Morgan fingerprint density at radius 3 is 2.50 bits per heavy atom. The lowest BCUT2D eigenvalue weighted by atomic mass is 10.1. The summed E-state index contributed by atoms with van der Waals surface area (Å²) in [7, 11) is 0. The van der Waals surface area contributed by atoms with E-state index >= 15 is 0 Å². The summed E-state index contributed by atoms with van der Waals surface area (Å²) in [5.74, 6) is -1.65. The van der Waals surface area contributed by atoms with E-state index in [1.165, 1.54) is 0 Å². The Bertz CT molecular complexity index is 239. The van der Waals surface area contributed by atoms with Gasteiger partial charge in [-0.3, -0.25) is 14.5 Å². The van der Waals surface area contributed by atoms with Gasteiger partial charge in [0.25, 0.3) is 0 Å². The van der Waals surface area contributed by atoms with E-state index in [9.17, 15) is 14.1 Å². The molecule has 1 aliphatic carbocycles. The molecule has 1 aliphatic rings. The monoisotopic (exact) mass is 142 g/mol. The van der Waals surface area contributed by atoms with Crippen molar-refractivity contribution in [2.45, 2.75) is 0 Å². The van der Waals surface area contributed by atoms with Crippen LogP contribution in [0.2, 0.25) is 0 Å². The van der Waals surface area contributed by atoms with Gasteiger partial charge < -0.3 is 0 Å². The summed E-state index contributed by atoms with van der Waals surface area (Å²) in [4.78, 5) is 24.0. The minimum atomic E-state index is -0.637. The zero-order chi connectivity index (χ0) is 7.56. The van der Waals surface area contributed by atoms with E-state index in [0.717, 1.165) is 18.2 Å². The van der Waals surface area contributed by atoms with Crippen LogP contribution in [0.15, 0.2) is 24.0 Å². The maximum absolute atomic E-state index is 11.3. The van der Waals surface area contributed by atoms with E-state index in [2.05, 4.69) is 4.94 Å². The summed E-state index contributed by atoms with van der Waals surface area (Å²) in [6.45, 7) is 0. The first-order chi connectivity index (χ1) is 4.74. The second-order valence-electron chi connectivity index (χ2n) is 1.69. The molecular formula is C6H3FO3. The Morgan fingerprint density at radius 2 is 2.00 bits per heavy atom. The summed E-state index contributed by atoms with van der Waals surface area (Å²) in [6.07, 6.45) is 2.80. The Morgan fingerprint density at radius 1 is 1.30 bits per heavy atom. The highest BCUT2D eigenvalue weighted by atomic mass is 19.3. The van der Waals surface area contributed by atoms with Gasteiger partial charge in [-0.05, 0) is 12.2 Å². The summed E-state index contributed by atoms with van der Waals surface area (Å²) >= 11 is 0. The van der Waals surface area contributed by atoms with Crippen LogP contribution in [0.25, 0.3) is 0 Å². The minimum Gasteiger partial charge on any atom is -0.290 e. The quantitative estimate of drug-likeness (QED) is 0.500. The van der Waals surface area contributed by atoms with E-state index in [1.54, 1.807) is 0 Å². The van der Waals surface area contributed by atoms with Gasteiger partial charge in [-0.2, -0.15) is 0 Å². The Balaban J connectivity index is 2.89. The predicted molar refractivity (Wildman–Crippen MR) is 29.4 cm³/mol. The van der Waals surface area contributed by atoms with Crippen LogP contribution in [0.1, 0.15) is 0 Å². The third-order valence-corrected chi connectivity index (χ3v) is 0.998. The average molecular weight is 142 g/mol. The summed E-state index contributed by atoms with van der Waals surface area (Å²) in [5, 5.41) is 0. The molecule has 0 radical (unpaired) electrons. The maximum Gasteiger partial charge on any atom is 0.225 e. The molecule has 0 saturated heterocycles. The van der Waals surface area contributed by atoms with Crippen molar-refractivity contribution >= 4 is 11.6 Å². The third-order valence-electron chi connectivity index (χ3n) is 0.998. The number of rotatable bonds is 1. The molecule has 0 saturated carbocycles. The van der Waals surface area contributed by atoms with Crippen LogP contribution >= 0.6 is 0 Å². The van der Waals surface area contributed by atoms with Crippen molar-refractivity contribution < 1.29 is 19.1 Å². The van der Waals surface area contributed by atoms with Gasteiger partial charge in [0.2, 0.25) is 11.5 Å². The molecule has 4 heteroatoms. The average Bonchev–Trinajstić information content (AvgIpc) is 1.94. The first-order valence-electron chi connectivity index (χ1n) is 2.50. The van der Waals surface area contributed by atoms with E-state index in [4.69, 9.17) is 0 Å². The van der Waals surface area contributed by atoms with Crippen molar-refractivity contribution in [2.24, 2.45) is 0 Å². The molecule has 0 bridgehead atoms. The molecule has 0 aromatic carbocycles. The van der Waals surface area contributed by atoms with Gasteiger partial charge in [0.1, 0.15) is 0 Å². The Hall–Kier alpha value is -1.45. The van der Waals surface area contributed by atoms with Gasteiger partial charge in [0.15, 0.2) is 5.78 Å².